The molecule has 1 nitrogen and oxygen atoms in total. The minimum atomic E-state index is 0.513. The molecule has 2 aliphatic rings. The smallest absolute Gasteiger partial charge is 0.0221 e. The van der Waals surface area contributed by atoms with Gasteiger partial charge in [0.15, 0.2) is 0 Å². The van der Waals surface area contributed by atoms with Crippen molar-refractivity contribution in [2.24, 2.45) is 5.92 Å². The fourth-order valence-corrected chi connectivity index (χ4v) is 4.16. The Balaban J connectivity index is 2.13. The summed E-state index contributed by atoms with van der Waals surface area (Å²) in [6.07, 6.45) is 4.22. The first kappa shape index (κ1) is 8.89. The lowest BCUT2D eigenvalue weighted by Gasteiger charge is -2.33. The van der Waals surface area contributed by atoms with E-state index in [0.717, 1.165) is 5.92 Å². The van der Waals surface area contributed by atoms with Gasteiger partial charge in [0.1, 0.15) is 0 Å². The van der Waals surface area contributed by atoms with Gasteiger partial charge >= 0.3 is 0 Å². The molecule has 1 saturated carbocycles. The van der Waals surface area contributed by atoms with Crippen molar-refractivity contribution in [1.29, 1.82) is 0 Å². The van der Waals surface area contributed by atoms with E-state index in [2.05, 4.69) is 38.0 Å². The second kappa shape index (κ2) is 2.65. The third-order valence-corrected chi connectivity index (χ3v) is 5.14. The van der Waals surface area contributed by atoms with Crippen LogP contribution < -0.4 is 5.32 Å². The largest absolute Gasteiger partial charge is 0.314 e. The van der Waals surface area contributed by atoms with Crippen molar-refractivity contribution in [2.45, 2.75) is 43.4 Å². The van der Waals surface area contributed by atoms with E-state index < -0.39 is 0 Å². The maximum absolute atomic E-state index is 3.54. The lowest BCUT2D eigenvalue weighted by atomic mass is 9.84. The van der Waals surface area contributed by atoms with Gasteiger partial charge in [-0.1, -0.05) is 13.8 Å². The van der Waals surface area contributed by atoms with E-state index in [-0.39, 0.29) is 0 Å². The molecule has 2 rings (SSSR count). The first-order chi connectivity index (χ1) is 5.61. The molecule has 0 amide bonds. The molecule has 0 spiro atoms. The van der Waals surface area contributed by atoms with E-state index in [9.17, 15) is 0 Å². The zero-order chi connectivity index (χ0) is 8.82. The quantitative estimate of drug-likeness (QED) is 0.708. The molecule has 1 unspecified atom stereocenters. The van der Waals surface area contributed by atoms with Crippen LogP contribution in [0.3, 0.4) is 0 Å². The predicted octanol–water partition coefficient (Wildman–Crippen LogP) is 2.27. The molecule has 1 aliphatic heterocycles. The molecule has 12 heavy (non-hydrogen) atoms. The van der Waals surface area contributed by atoms with Crippen LogP contribution in [0.2, 0.25) is 0 Å². The summed E-state index contributed by atoms with van der Waals surface area (Å²) in [4.78, 5) is 0. The Kier molecular flexibility index (Phi) is 1.96. The lowest BCUT2D eigenvalue weighted by Crippen LogP contribution is -2.43. The van der Waals surface area contributed by atoms with Gasteiger partial charge < -0.3 is 5.32 Å². The Morgan fingerprint density at radius 2 is 2.00 bits per heavy atom. The average Bonchev–Trinajstić information content (AvgIpc) is 2.72. The maximum Gasteiger partial charge on any atom is 0.0221 e. The topological polar surface area (TPSA) is 12.0 Å². The molecule has 0 bridgehead atoms. The minimum absolute atomic E-state index is 0.513. The van der Waals surface area contributed by atoms with Crippen LogP contribution in [0.1, 0.15) is 33.1 Å². The highest BCUT2D eigenvalue weighted by molar-refractivity contribution is 8.00. The molecule has 0 aromatic heterocycles. The number of thioether (sulfide) groups is 1. The molecular formula is C10H19NS. The standard InChI is InChI=1S/C10H19NS/c1-9(2)8(4-7-12-9)10(11-3)5-6-10/h8,11H,4-7H2,1-3H3. The second-order valence-corrected chi connectivity index (χ2v) is 6.45. The second-order valence-electron chi connectivity index (χ2n) is 4.70. The molecule has 0 aromatic carbocycles. The molecular weight excluding hydrogens is 166 g/mol. The van der Waals surface area contributed by atoms with Crippen LogP contribution in [0.15, 0.2) is 0 Å². The SMILES string of the molecule is CNC1(C2CCSC2(C)C)CC1. The maximum atomic E-state index is 3.54. The molecule has 0 radical (unpaired) electrons. The summed E-state index contributed by atoms with van der Waals surface area (Å²) in [5.74, 6) is 2.26. The van der Waals surface area contributed by atoms with Crippen molar-refractivity contribution < 1.29 is 0 Å². The van der Waals surface area contributed by atoms with Gasteiger partial charge in [-0.3, -0.25) is 0 Å². The first-order valence-corrected chi connectivity index (χ1v) is 5.92. The molecule has 0 aromatic rings. The van der Waals surface area contributed by atoms with E-state index in [1.807, 2.05) is 0 Å². The van der Waals surface area contributed by atoms with E-state index in [1.54, 1.807) is 0 Å². The fraction of sp³-hybridized carbons (Fsp3) is 1.00. The van der Waals surface area contributed by atoms with Crippen LogP contribution in [-0.4, -0.2) is 23.1 Å². The summed E-state index contributed by atoms with van der Waals surface area (Å²) in [5, 5.41) is 3.54. The summed E-state index contributed by atoms with van der Waals surface area (Å²) in [6, 6.07) is 0. The van der Waals surface area contributed by atoms with E-state index in [0.29, 0.717) is 10.3 Å². The molecule has 70 valence electrons. The Hall–Kier alpha value is 0.310. The summed E-state index contributed by atoms with van der Waals surface area (Å²) >= 11 is 2.15. The number of nitrogens with one attached hydrogen (secondary N) is 1. The minimum Gasteiger partial charge on any atom is -0.314 e. The summed E-state index contributed by atoms with van der Waals surface area (Å²) in [7, 11) is 2.13. The van der Waals surface area contributed by atoms with E-state index in [1.165, 1.54) is 25.0 Å². The van der Waals surface area contributed by atoms with Gasteiger partial charge in [0.25, 0.3) is 0 Å². The van der Waals surface area contributed by atoms with Crippen LogP contribution in [0.4, 0.5) is 0 Å². The molecule has 2 heteroatoms. The van der Waals surface area contributed by atoms with Crippen LogP contribution in [0, 0.1) is 5.92 Å². The van der Waals surface area contributed by atoms with Crippen molar-refractivity contribution in [2.75, 3.05) is 12.8 Å². The van der Waals surface area contributed by atoms with Crippen LogP contribution in [0.25, 0.3) is 0 Å². The molecule has 1 saturated heterocycles. The highest BCUT2D eigenvalue weighted by atomic mass is 32.2. The Morgan fingerprint density at radius 1 is 1.33 bits per heavy atom. The summed E-state index contributed by atoms with van der Waals surface area (Å²) < 4.78 is 0.513. The average molecular weight is 185 g/mol. The third-order valence-electron chi connectivity index (χ3n) is 3.67. The van der Waals surface area contributed by atoms with E-state index in [4.69, 9.17) is 0 Å². The summed E-state index contributed by atoms with van der Waals surface area (Å²) in [5.41, 5.74) is 0.535. The van der Waals surface area contributed by atoms with E-state index >= 15 is 0 Å². The van der Waals surface area contributed by atoms with Crippen molar-refractivity contribution >= 4 is 11.8 Å². The third kappa shape index (κ3) is 1.20. The van der Waals surface area contributed by atoms with Gasteiger partial charge in [0.2, 0.25) is 0 Å². The molecule has 1 N–H and O–H groups in total. The van der Waals surface area contributed by atoms with Gasteiger partial charge in [-0.25, -0.2) is 0 Å². The molecule has 1 aliphatic carbocycles. The van der Waals surface area contributed by atoms with Crippen molar-refractivity contribution in [3.8, 4) is 0 Å². The van der Waals surface area contributed by atoms with Crippen molar-refractivity contribution in [3.05, 3.63) is 0 Å². The molecule has 1 heterocycles. The van der Waals surface area contributed by atoms with Gasteiger partial charge in [-0.05, 0) is 38.0 Å². The van der Waals surface area contributed by atoms with Crippen LogP contribution in [-0.2, 0) is 0 Å². The monoisotopic (exact) mass is 185 g/mol. The lowest BCUT2D eigenvalue weighted by molar-refractivity contribution is 0.301. The van der Waals surface area contributed by atoms with Gasteiger partial charge in [-0.2, -0.15) is 11.8 Å². The number of hydrogen-bond donors (Lipinski definition) is 1. The predicted molar refractivity (Wildman–Crippen MR) is 55.7 cm³/mol. The fourth-order valence-electron chi connectivity index (χ4n) is 2.74. The normalized spacial score (nSPS) is 36.8. The van der Waals surface area contributed by atoms with Crippen molar-refractivity contribution in [1.82, 2.24) is 5.32 Å². The number of rotatable bonds is 2. The molecule has 2 fully saturated rings. The number of hydrogen-bond acceptors (Lipinski definition) is 2. The highest BCUT2D eigenvalue weighted by Gasteiger charge is 2.55. The zero-order valence-electron chi connectivity index (χ0n) is 8.31. The first-order valence-electron chi connectivity index (χ1n) is 4.94. The van der Waals surface area contributed by atoms with Gasteiger partial charge in [-0.15, -0.1) is 0 Å². The Labute approximate surface area is 79.7 Å². The van der Waals surface area contributed by atoms with Gasteiger partial charge in [0, 0.05) is 10.3 Å². The Morgan fingerprint density at radius 3 is 2.33 bits per heavy atom. The van der Waals surface area contributed by atoms with Crippen molar-refractivity contribution in [3.63, 3.8) is 0 Å². The molecule has 1 atom stereocenters. The van der Waals surface area contributed by atoms with Crippen LogP contribution >= 0.6 is 11.8 Å². The Bertz CT molecular complexity index is 184. The zero-order valence-corrected chi connectivity index (χ0v) is 9.13. The highest BCUT2D eigenvalue weighted by Crippen LogP contribution is 2.55. The van der Waals surface area contributed by atoms with Crippen LogP contribution in [0.5, 0.6) is 0 Å². The summed E-state index contributed by atoms with van der Waals surface area (Å²) in [6.45, 7) is 4.82. The van der Waals surface area contributed by atoms with Gasteiger partial charge in [0.05, 0.1) is 0 Å².